The second kappa shape index (κ2) is 14.0. The summed E-state index contributed by atoms with van der Waals surface area (Å²) in [6.07, 6.45) is 10.3. The Morgan fingerprint density at radius 3 is 2.32 bits per heavy atom. The molecule has 166 valence electrons. The highest BCUT2D eigenvalue weighted by Crippen LogP contribution is 2.19. The van der Waals surface area contributed by atoms with Crippen LogP contribution in [-0.4, -0.2) is 69.9 Å². The normalized spacial score (nSPS) is 21.0. The number of ether oxygens (including phenoxy) is 1. The molecule has 0 bridgehead atoms. The van der Waals surface area contributed by atoms with Gasteiger partial charge in [-0.05, 0) is 32.1 Å². The van der Waals surface area contributed by atoms with Crippen LogP contribution in [0.15, 0.2) is 4.99 Å². The molecule has 28 heavy (non-hydrogen) atoms. The highest BCUT2D eigenvalue weighted by Gasteiger charge is 2.27. The van der Waals surface area contributed by atoms with E-state index in [2.05, 4.69) is 15.6 Å². The molecule has 0 aromatic carbocycles. The summed E-state index contributed by atoms with van der Waals surface area (Å²) in [6.45, 7) is 4.50. The van der Waals surface area contributed by atoms with E-state index >= 15 is 0 Å². The van der Waals surface area contributed by atoms with Crippen molar-refractivity contribution in [1.29, 1.82) is 0 Å². The highest BCUT2D eigenvalue weighted by molar-refractivity contribution is 14.0. The first kappa shape index (κ1) is 25.9. The van der Waals surface area contributed by atoms with E-state index in [4.69, 9.17) is 4.74 Å². The van der Waals surface area contributed by atoms with E-state index in [9.17, 15) is 8.42 Å². The summed E-state index contributed by atoms with van der Waals surface area (Å²) in [6, 6.07) is 0.257. The Labute approximate surface area is 188 Å². The fourth-order valence-corrected chi connectivity index (χ4v) is 5.40. The molecule has 2 rings (SSSR count). The zero-order valence-corrected chi connectivity index (χ0v) is 20.6. The Kier molecular flexibility index (Phi) is 12.9. The van der Waals surface area contributed by atoms with Gasteiger partial charge in [0.2, 0.25) is 10.0 Å². The van der Waals surface area contributed by atoms with Crippen LogP contribution in [0.3, 0.4) is 0 Å². The molecule has 1 heterocycles. The van der Waals surface area contributed by atoms with Gasteiger partial charge < -0.3 is 15.4 Å². The summed E-state index contributed by atoms with van der Waals surface area (Å²) in [4.78, 5) is 4.29. The molecule has 2 aliphatic rings. The predicted octanol–water partition coefficient (Wildman–Crippen LogP) is 2.71. The Morgan fingerprint density at radius 2 is 1.75 bits per heavy atom. The highest BCUT2D eigenvalue weighted by atomic mass is 127. The Morgan fingerprint density at radius 1 is 1.11 bits per heavy atom. The molecule has 1 saturated carbocycles. The van der Waals surface area contributed by atoms with E-state index in [0.717, 1.165) is 25.3 Å². The third-order valence-electron chi connectivity index (χ3n) is 5.42. The van der Waals surface area contributed by atoms with Gasteiger partial charge in [-0.2, -0.15) is 0 Å². The third-order valence-corrected chi connectivity index (χ3v) is 7.50. The van der Waals surface area contributed by atoms with Crippen molar-refractivity contribution in [1.82, 2.24) is 14.9 Å². The van der Waals surface area contributed by atoms with Gasteiger partial charge in [0, 0.05) is 32.7 Å². The molecule has 1 aliphatic heterocycles. The molecule has 0 spiro atoms. The minimum absolute atomic E-state index is 0. The first-order chi connectivity index (χ1) is 13.0. The van der Waals surface area contributed by atoms with Crippen LogP contribution in [0, 0.1) is 0 Å². The maximum absolute atomic E-state index is 12.2. The van der Waals surface area contributed by atoms with Gasteiger partial charge in [0.25, 0.3) is 0 Å². The summed E-state index contributed by atoms with van der Waals surface area (Å²) in [5.41, 5.74) is 0. The minimum atomic E-state index is -3.08. The molecule has 2 fully saturated rings. The molecule has 0 unspecified atom stereocenters. The van der Waals surface area contributed by atoms with E-state index in [1.807, 2.05) is 6.92 Å². The van der Waals surface area contributed by atoms with Crippen molar-refractivity contribution in [2.24, 2.45) is 4.99 Å². The molecule has 1 aliphatic carbocycles. The van der Waals surface area contributed by atoms with Crippen molar-refractivity contribution in [2.45, 2.75) is 76.9 Å². The number of hydrogen-bond acceptors (Lipinski definition) is 4. The zero-order chi connectivity index (χ0) is 19.5. The quantitative estimate of drug-likeness (QED) is 0.166. The van der Waals surface area contributed by atoms with E-state index in [1.54, 1.807) is 11.4 Å². The molecule has 7 nitrogen and oxygen atoms in total. The molecule has 0 aromatic rings. The Hall–Kier alpha value is -0.130. The Balaban J connectivity index is 0.00000392. The van der Waals surface area contributed by atoms with Crippen LogP contribution in [-0.2, 0) is 14.8 Å². The smallest absolute Gasteiger partial charge is 0.214 e. The maximum atomic E-state index is 12.2. The lowest BCUT2D eigenvalue weighted by atomic mass is 10.1. The van der Waals surface area contributed by atoms with Gasteiger partial charge in [-0.3, -0.25) is 4.99 Å². The van der Waals surface area contributed by atoms with E-state index in [-0.39, 0.29) is 35.8 Å². The number of nitrogens with zero attached hydrogens (tertiary/aromatic N) is 2. The lowest BCUT2D eigenvalue weighted by molar-refractivity contribution is 0.0467. The van der Waals surface area contributed by atoms with Gasteiger partial charge in [-0.15, -0.1) is 24.0 Å². The first-order valence-corrected chi connectivity index (χ1v) is 12.2. The number of sulfonamides is 1. The lowest BCUT2D eigenvalue weighted by Gasteiger charge is -2.32. The summed E-state index contributed by atoms with van der Waals surface area (Å²) in [5.74, 6) is 1.02. The number of piperidine rings is 1. The molecule has 0 aromatic heterocycles. The predicted molar refractivity (Wildman–Crippen MR) is 126 cm³/mol. The number of hydrogen-bond donors (Lipinski definition) is 2. The second-order valence-electron chi connectivity index (χ2n) is 7.62. The van der Waals surface area contributed by atoms with E-state index in [0.29, 0.717) is 32.2 Å². The summed E-state index contributed by atoms with van der Waals surface area (Å²) in [7, 11) is -1.31. The van der Waals surface area contributed by atoms with Gasteiger partial charge in [0.1, 0.15) is 0 Å². The monoisotopic (exact) mass is 530 g/mol. The number of rotatable bonds is 8. The van der Waals surface area contributed by atoms with Crippen LogP contribution in [0.25, 0.3) is 0 Å². The van der Waals surface area contributed by atoms with Crippen LogP contribution in [0.5, 0.6) is 0 Å². The first-order valence-electron chi connectivity index (χ1n) is 10.6. The van der Waals surface area contributed by atoms with Gasteiger partial charge >= 0.3 is 0 Å². The lowest BCUT2D eigenvalue weighted by Crippen LogP contribution is -2.50. The van der Waals surface area contributed by atoms with Crippen LogP contribution in [0.2, 0.25) is 0 Å². The van der Waals surface area contributed by atoms with Crippen LogP contribution in [0.4, 0.5) is 0 Å². The average molecular weight is 531 g/mol. The number of nitrogens with one attached hydrogen (secondary N) is 2. The van der Waals surface area contributed by atoms with Crippen molar-refractivity contribution < 1.29 is 13.2 Å². The molecular weight excluding hydrogens is 491 g/mol. The van der Waals surface area contributed by atoms with Crippen molar-refractivity contribution in [3.63, 3.8) is 0 Å². The summed E-state index contributed by atoms with van der Waals surface area (Å²) >= 11 is 0. The number of aliphatic imine (C=N–C) groups is 1. The van der Waals surface area contributed by atoms with E-state index < -0.39 is 10.0 Å². The van der Waals surface area contributed by atoms with Gasteiger partial charge in [0.15, 0.2) is 5.96 Å². The van der Waals surface area contributed by atoms with Crippen LogP contribution >= 0.6 is 24.0 Å². The van der Waals surface area contributed by atoms with Gasteiger partial charge in [0.05, 0.1) is 18.5 Å². The van der Waals surface area contributed by atoms with Crippen LogP contribution < -0.4 is 10.6 Å². The van der Waals surface area contributed by atoms with Crippen molar-refractivity contribution >= 4 is 40.0 Å². The van der Waals surface area contributed by atoms with Crippen molar-refractivity contribution in [3.05, 3.63) is 0 Å². The number of guanidine groups is 1. The Bertz CT molecular complexity index is 543. The van der Waals surface area contributed by atoms with Crippen molar-refractivity contribution in [2.75, 3.05) is 39.0 Å². The van der Waals surface area contributed by atoms with Gasteiger partial charge in [-0.25, -0.2) is 12.7 Å². The topological polar surface area (TPSA) is 83.0 Å². The molecule has 0 atom stereocenters. The zero-order valence-electron chi connectivity index (χ0n) is 17.5. The van der Waals surface area contributed by atoms with Crippen molar-refractivity contribution in [3.8, 4) is 0 Å². The minimum Gasteiger partial charge on any atom is -0.376 e. The van der Waals surface area contributed by atoms with Gasteiger partial charge in [-0.1, -0.05) is 32.6 Å². The maximum Gasteiger partial charge on any atom is 0.214 e. The SMILES string of the molecule is CCCS(=O)(=O)N1CCC(NC(=NC)NCCOC2CCCCCC2)CC1.I. The molecular formula is C19H39IN4O3S. The number of halogens is 1. The molecule has 0 radical (unpaired) electrons. The molecule has 1 saturated heterocycles. The fourth-order valence-electron chi connectivity index (χ4n) is 3.86. The average Bonchev–Trinajstić information content (AvgIpc) is 2.93. The van der Waals surface area contributed by atoms with Crippen LogP contribution in [0.1, 0.15) is 64.7 Å². The third kappa shape index (κ3) is 9.13. The second-order valence-corrected chi connectivity index (χ2v) is 9.71. The fraction of sp³-hybridized carbons (Fsp3) is 0.947. The summed E-state index contributed by atoms with van der Waals surface area (Å²) < 4.78 is 31.9. The molecule has 2 N–H and O–H groups in total. The van der Waals surface area contributed by atoms with E-state index in [1.165, 1.54) is 38.5 Å². The molecule has 0 amide bonds. The summed E-state index contributed by atoms with van der Waals surface area (Å²) in [5, 5.41) is 6.74. The largest absolute Gasteiger partial charge is 0.376 e. The molecule has 9 heteroatoms. The standard InChI is InChI=1S/C19H38N4O3S.HI/c1-3-16-27(24,25)23-13-10-17(11-14-23)22-19(20-2)21-12-15-26-18-8-6-4-5-7-9-18;/h17-18H,3-16H2,1-2H3,(H2,20,21,22);1H.